The monoisotopic (exact) mass is 465 g/mol. The molecule has 1 heterocycles. The number of hydrogen-bond donors (Lipinski definition) is 4. The van der Waals surface area contributed by atoms with Gasteiger partial charge in [0.05, 0.1) is 19.6 Å². The van der Waals surface area contributed by atoms with Crippen LogP contribution < -0.4 is 20.9 Å². The van der Waals surface area contributed by atoms with E-state index < -0.39 is 35.8 Å². The Morgan fingerprint density at radius 2 is 1.82 bits per heavy atom. The Morgan fingerprint density at radius 1 is 1.12 bits per heavy atom. The number of ether oxygens (including phenoxy) is 1. The van der Waals surface area contributed by atoms with Gasteiger partial charge in [0, 0.05) is 13.2 Å². The highest BCUT2D eigenvalue weighted by molar-refractivity contribution is 5.91. The predicted octanol–water partition coefficient (Wildman–Crippen LogP) is 3.72. The number of benzene rings is 2. The highest BCUT2D eigenvalue weighted by Crippen LogP contribution is 2.36. The van der Waals surface area contributed by atoms with E-state index in [2.05, 4.69) is 10.6 Å². The van der Waals surface area contributed by atoms with E-state index in [-0.39, 0.29) is 5.69 Å². The fraction of sp³-hybridized carbons (Fsp3) is 0.240. The summed E-state index contributed by atoms with van der Waals surface area (Å²) in [4.78, 5) is 36.7. The average molecular weight is 466 g/mol. The lowest BCUT2D eigenvalue weighted by atomic mass is 9.89. The molecule has 0 radical (unpaired) electrons. The van der Waals surface area contributed by atoms with Gasteiger partial charge in [-0.05, 0) is 59.9 Å². The van der Waals surface area contributed by atoms with Crippen LogP contribution in [0, 0.1) is 13.8 Å². The molecule has 0 saturated carbocycles. The number of amides is 2. The molecule has 0 saturated heterocycles. The molecule has 9 nitrogen and oxygen atoms in total. The fourth-order valence-corrected chi connectivity index (χ4v) is 3.80. The van der Waals surface area contributed by atoms with Crippen molar-refractivity contribution >= 4 is 17.7 Å². The van der Waals surface area contributed by atoms with Gasteiger partial charge in [0.25, 0.3) is 5.56 Å². The summed E-state index contributed by atoms with van der Waals surface area (Å²) < 4.78 is 6.66. The smallest absolute Gasteiger partial charge is 0.319 e. The van der Waals surface area contributed by atoms with Crippen molar-refractivity contribution in [2.45, 2.75) is 26.3 Å². The number of aliphatic carboxylic acids is 1. The highest BCUT2D eigenvalue weighted by atomic mass is 16.5. The van der Waals surface area contributed by atoms with E-state index in [1.165, 1.54) is 31.0 Å². The van der Waals surface area contributed by atoms with Crippen molar-refractivity contribution in [3.05, 3.63) is 75.7 Å². The molecule has 0 spiro atoms. The van der Waals surface area contributed by atoms with E-state index in [4.69, 9.17) is 4.74 Å². The van der Waals surface area contributed by atoms with Crippen LogP contribution in [0.2, 0.25) is 0 Å². The third-order valence-electron chi connectivity index (χ3n) is 5.64. The maximum absolute atomic E-state index is 12.8. The average Bonchev–Trinajstić information content (AvgIpc) is 2.79. The summed E-state index contributed by atoms with van der Waals surface area (Å²) in [5.41, 5.74) is 3.25. The molecular weight excluding hydrogens is 438 g/mol. The molecule has 0 bridgehead atoms. The van der Waals surface area contributed by atoms with E-state index in [9.17, 15) is 24.6 Å². The number of methoxy groups -OCH3 is 1. The van der Waals surface area contributed by atoms with Crippen LogP contribution in [0.4, 0.5) is 10.5 Å². The van der Waals surface area contributed by atoms with Crippen LogP contribution >= 0.6 is 0 Å². The fourth-order valence-electron chi connectivity index (χ4n) is 3.80. The number of carbonyl (C=O) groups excluding carboxylic acids is 1. The summed E-state index contributed by atoms with van der Waals surface area (Å²) in [6.07, 6.45) is 0.952. The van der Waals surface area contributed by atoms with Crippen molar-refractivity contribution in [3.8, 4) is 22.6 Å². The number of carboxylic acids is 1. The minimum Gasteiger partial charge on any atom is -0.505 e. The van der Waals surface area contributed by atoms with Gasteiger partial charge in [-0.15, -0.1) is 0 Å². The van der Waals surface area contributed by atoms with E-state index in [0.29, 0.717) is 11.3 Å². The molecule has 0 aliphatic carbocycles. The van der Waals surface area contributed by atoms with Crippen molar-refractivity contribution < 1.29 is 24.5 Å². The molecule has 0 aliphatic heterocycles. The lowest BCUT2D eigenvalue weighted by Gasteiger charge is -2.23. The van der Waals surface area contributed by atoms with Gasteiger partial charge < -0.3 is 30.2 Å². The molecule has 0 unspecified atom stereocenters. The molecular formula is C25H27N3O6. The van der Waals surface area contributed by atoms with Crippen LogP contribution in [0.3, 0.4) is 0 Å². The van der Waals surface area contributed by atoms with Gasteiger partial charge in [0.1, 0.15) is 11.5 Å². The zero-order valence-electron chi connectivity index (χ0n) is 19.4. The van der Waals surface area contributed by atoms with Crippen LogP contribution in [-0.4, -0.2) is 33.9 Å². The number of carboxylic acid groups (broad SMARTS) is 1. The lowest BCUT2D eigenvalue weighted by molar-refractivity contribution is -0.137. The van der Waals surface area contributed by atoms with Crippen molar-refractivity contribution in [2.75, 3.05) is 12.4 Å². The highest BCUT2D eigenvalue weighted by Gasteiger charge is 2.24. The molecule has 4 N–H and O–H groups in total. The van der Waals surface area contributed by atoms with Crippen LogP contribution in [-0.2, 0) is 11.8 Å². The van der Waals surface area contributed by atoms with Gasteiger partial charge in [-0.25, -0.2) is 4.79 Å². The molecule has 2 amide bonds. The zero-order chi connectivity index (χ0) is 25.0. The SMILES string of the molecule is COc1cc(-c2ccccc2C)c(C)c([C@H](CC(=O)O)NC(=O)Nc2c(O)ccn(C)c2=O)c1. The number of pyridine rings is 1. The van der Waals surface area contributed by atoms with Gasteiger partial charge in [-0.2, -0.15) is 0 Å². The molecule has 2 aromatic carbocycles. The normalized spacial score (nSPS) is 11.5. The second-order valence-corrected chi connectivity index (χ2v) is 7.95. The molecule has 178 valence electrons. The van der Waals surface area contributed by atoms with E-state index in [0.717, 1.165) is 22.3 Å². The summed E-state index contributed by atoms with van der Waals surface area (Å²) in [6.45, 7) is 3.82. The predicted molar refractivity (Wildman–Crippen MR) is 128 cm³/mol. The number of hydrogen-bond acceptors (Lipinski definition) is 5. The van der Waals surface area contributed by atoms with Crippen molar-refractivity contribution in [2.24, 2.45) is 7.05 Å². The van der Waals surface area contributed by atoms with Crippen LogP contribution in [0.15, 0.2) is 53.5 Å². The Kier molecular flexibility index (Phi) is 7.25. The Labute approximate surface area is 196 Å². The van der Waals surface area contributed by atoms with Gasteiger partial charge >= 0.3 is 12.0 Å². The first kappa shape index (κ1) is 24.4. The maximum Gasteiger partial charge on any atom is 0.319 e. The summed E-state index contributed by atoms with van der Waals surface area (Å²) in [7, 11) is 2.99. The lowest BCUT2D eigenvalue weighted by Crippen LogP contribution is -2.36. The van der Waals surface area contributed by atoms with Crippen molar-refractivity contribution in [1.29, 1.82) is 0 Å². The second kappa shape index (κ2) is 10.1. The molecule has 3 aromatic rings. The minimum absolute atomic E-state index is 0.306. The molecule has 0 fully saturated rings. The summed E-state index contributed by atoms with van der Waals surface area (Å²) in [5, 5.41) is 24.5. The number of aromatic nitrogens is 1. The van der Waals surface area contributed by atoms with Crippen molar-refractivity contribution in [1.82, 2.24) is 9.88 Å². The number of aromatic hydroxyl groups is 1. The number of anilines is 1. The first-order valence-corrected chi connectivity index (χ1v) is 10.5. The molecule has 3 rings (SSSR count). The molecule has 9 heteroatoms. The number of nitrogens with one attached hydrogen (secondary N) is 2. The maximum atomic E-state index is 12.8. The Hall–Kier alpha value is -4.27. The van der Waals surface area contributed by atoms with Crippen LogP contribution in [0.5, 0.6) is 11.5 Å². The standard InChI is InChI=1S/C25H27N3O6/c1-14-7-5-6-8-17(14)18-11-16(34-4)12-19(15(18)2)20(13-22(30)31)26-25(33)27-23-21(29)9-10-28(3)24(23)32/h5-12,20,29H,13H2,1-4H3,(H,30,31)(H2,26,27,33)/t20-/m0/s1. The topological polar surface area (TPSA) is 130 Å². The Balaban J connectivity index is 2.03. The quantitative estimate of drug-likeness (QED) is 0.421. The number of urea groups is 1. The van der Waals surface area contributed by atoms with E-state index in [1.54, 1.807) is 6.07 Å². The molecule has 34 heavy (non-hydrogen) atoms. The van der Waals surface area contributed by atoms with Crippen LogP contribution in [0.25, 0.3) is 11.1 Å². The summed E-state index contributed by atoms with van der Waals surface area (Å²) in [5.74, 6) is -1.01. The summed E-state index contributed by atoms with van der Waals surface area (Å²) in [6, 6.07) is 10.8. The van der Waals surface area contributed by atoms with Gasteiger partial charge in [-0.1, -0.05) is 24.3 Å². The van der Waals surface area contributed by atoms with Crippen molar-refractivity contribution in [3.63, 3.8) is 0 Å². The largest absolute Gasteiger partial charge is 0.505 e. The minimum atomic E-state index is -1.12. The molecule has 1 aromatic heterocycles. The first-order chi connectivity index (χ1) is 16.1. The third-order valence-corrected chi connectivity index (χ3v) is 5.64. The summed E-state index contributed by atoms with van der Waals surface area (Å²) >= 11 is 0. The van der Waals surface area contributed by atoms with E-state index in [1.807, 2.05) is 44.2 Å². The van der Waals surface area contributed by atoms with Gasteiger partial charge in [0.2, 0.25) is 0 Å². The zero-order valence-corrected chi connectivity index (χ0v) is 19.4. The van der Waals surface area contributed by atoms with Crippen LogP contribution in [0.1, 0.15) is 29.2 Å². The number of aryl methyl sites for hydroxylation is 2. The first-order valence-electron chi connectivity index (χ1n) is 10.5. The second-order valence-electron chi connectivity index (χ2n) is 7.95. The van der Waals surface area contributed by atoms with E-state index >= 15 is 0 Å². The molecule has 0 aliphatic rings. The molecule has 1 atom stereocenters. The van der Waals surface area contributed by atoms with Gasteiger partial charge in [0.15, 0.2) is 5.69 Å². The third kappa shape index (κ3) is 5.20. The Bertz CT molecular complexity index is 1300. The number of rotatable bonds is 7. The number of nitrogens with zero attached hydrogens (tertiary/aromatic N) is 1. The Morgan fingerprint density at radius 3 is 2.47 bits per heavy atom. The van der Waals surface area contributed by atoms with Gasteiger partial charge in [-0.3, -0.25) is 9.59 Å². The number of carbonyl (C=O) groups is 2.